The van der Waals surface area contributed by atoms with E-state index in [1.165, 1.54) is 6.42 Å². The number of hydrogen-bond acceptors (Lipinski definition) is 2. The molecule has 78 valence electrons. The molecule has 0 heterocycles. The van der Waals surface area contributed by atoms with Gasteiger partial charge in [-0.3, -0.25) is 10.1 Å². The van der Waals surface area contributed by atoms with Gasteiger partial charge in [0.1, 0.15) is 5.54 Å². The first-order chi connectivity index (χ1) is 6.69. The number of carbonyl (C=O) groups is 1. The lowest BCUT2D eigenvalue weighted by molar-refractivity contribution is -0.147. The zero-order chi connectivity index (χ0) is 10.2. The normalized spacial score (nSPS) is 40.0. The van der Waals surface area contributed by atoms with Crippen LogP contribution in [0.5, 0.6) is 0 Å². The van der Waals surface area contributed by atoms with E-state index in [0.29, 0.717) is 18.4 Å². The Labute approximate surface area is 84.2 Å². The van der Waals surface area contributed by atoms with Gasteiger partial charge in [0.2, 0.25) is 0 Å². The fraction of sp³-hybridized carbons (Fsp3) is 0.727. The molecule has 3 atom stereocenters. The first-order valence-electron chi connectivity index (χ1n) is 5.28. The van der Waals surface area contributed by atoms with Gasteiger partial charge in [-0.25, -0.2) is 0 Å². The Hall–Kier alpha value is -0.830. The van der Waals surface area contributed by atoms with E-state index in [9.17, 15) is 9.90 Å². The van der Waals surface area contributed by atoms with Crippen molar-refractivity contribution >= 4 is 5.97 Å². The second kappa shape index (κ2) is 3.39. The molecule has 3 nitrogen and oxygen atoms in total. The second-order valence-electron chi connectivity index (χ2n) is 4.53. The molecule has 2 rings (SSSR count). The van der Waals surface area contributed by atoms with Crippen molar-refractivity contribution in [2.45, 2.75) is 31.2 Å². The van der Waals surface area contributed by atoms with E-state index in [-0.39, 0.29) is 0 Å². The van der Waals surface area contributed by atoms with Crippen LogP contribution in [-0.2, 0) is 4.79 Å². The number of aliphatic carboxylic acids is 1. The lowest BCUT2D eigenvalue weighted by Crippen LogP contribution is -2.55. The van der Waals surface area contributed by atoms with Gasteiger partial charge < -0.3 is 5.11 Å². The van der Waals surface area contributed by atoms with Crippen LogP contribution in [0.1, 0.15) is 25.7 Å². The minimum Gasteiger partial charge on any atom is -0.480 e. The highest BCUT2D eigenvalue weighted by Crippen LogP contribution is 2.50. The lowest BCUT2D eigenvalue weighted by atomic mass is 9.81. The number of hydrogen-bond donors (Lipinski definition) is 2. The highest BCUT2D eigenvalue weighted by atomic mass is 16.4. The van der Waals surface area contributed by atoms with Gasteiger partial charge in [0.15, 0.2) is 0 Å². The molecule has 2 aliphatic rings. The van der Waals surface area contributed by atoms with Crippen LogP contribution in [0.4, 0.5) is 0 Å². The van der Waals surface area contributed by atoms with Gasteiger partial charge in [-0.05, 0) is 31.1 Å². The number of carboxylic acids is 1. The maximum atomic E-state index is 11.3. The third-order valence-electron chi connectivity index (χ3n) is 3.79. The van der Waals surface area contributed by atoms with Gasteiger partial charge in [0, 0.05) is 6.54 Å². The summed E-state index contributed by atoms with van der Waals surface area (Å²) in [4.78, 5) is 11.3. The van der Waals surface area contributed by atoms with Gasteiger partial charge in [-0.1, -0.05) is 12.5 Å². The molecule has 3 heteroatoms. The summed E-state index contributed by atoms with van der Waals surface area (Å²) in [6.07, 6.45) is 5.92. The summed E-state index contributed by atoms with van der Waals surface area (Å²) < 4.78 is 0. The van der Waals surface area contributed by atoms with Crippen molar-refractivity contribution in [3.05, 3.63) is 12.7 Å². The monoisotopic (exact) mass is 195 g/mol. The predicted molar refractivity (Wildman–Crippen MR) is 54.0 cm³/mol. The summed E-state index contributed by atoms with van der Waals surface area (Å²) in [5.41, 5.74) is -0.642. The molecule has 0 radical (unpaired) electrons. The van der Waals surface area contributed by atoms with Crippen LogP contribution >= 0.6 is 0 Å². The first-order valence-corrected chi connectivity index (χ1v) is 5.28. The van der Waals surface area contributed by atoms with E-state index in [1.54, 1.807) is 6.08 Å². The van der Waals surface area contributed by atoms with Gasteiger partial charge >= 0.3 is 5.97 Å². The van der Waals surface area contributed by atoms with E-state index in [4.69, 9.17) is 0 Å². The zero-order valence-corrected chi connectivity index (χ0v) is 8.33. The van der Waals surface area contributed by atoms with Gasteiger partial charge in [-0.2, -0.15) is 0 Å². The molecule has 2 fully saturated rings. The molecule has 2 bridgehead atoms. The standard InChI is InChI=1S/C11H17NO2/c1-2-5-12-11(10(13)14)7-8-3-4-9(11)6-8/h2,8-9,12H,1,3-7H2,(H,13,14). The van der Waals surface area contributed by atoms with E-state index in [0.717, 1.165) is 19.3 Å². The molecule has 2 aliphatic carbocycles. The summed E-state index contributed by atoms with van der Waals surface area (Å²) >= 11 is 0. The molecule has 0 aromatic rings. The quantitative estimate of drug-likeness (QED) is 0.667. The summed E-state index contributed by atoms with van der Waals surface area (Å²) in [5, 5.41) is 12.5. The molecule has 0 amide bonds. The Morgan fingerprint density at radius 2 is 2.43 bits per heavy atom. The maximum Gasteiger partial charge on any atom is 0.324 e. The first kappa shape index (κ1) is 9.71. The van der Waals surface area contributed by atoms with Crippen molar-refractivity contribution in [3.63, 3.8) is 0 Å². The van der Waals surface area contributed by atoms with Crippen LogP contribution in [0.3, 0.4) is 0 Å². The van der Waals surface area contributed by atoms with Crippen molar-refractivity contribution in [1.29, 1.82) is 0 Å². The van der Waals surface area contributed by atoms with Gasteiger partial charge in [0.25, 0.3) is 0 Å². The molecule has 3 unspecified atom stereocenters. The van der Waals surface area contributed by atoms with Crippen molar-refractivity contribution < 1.29 is 9.90 Å². The van der Waals surface area contributed by atoms with E-state index >= 15 is 0 Å². The zero-order valence-electron chi connectivity index (χ0n) is 8.33. The molecule has 14 heavy (non-hydrogen) atoms. The fourth-order valence-corrected chi connectivity index (χ4v) is 3.14. The Balaban J connectivity index is 2.15. The van der Waals surface area contributed by atoms with E-state index in [1.807, 2.05) is 0 Å². The highest BCUT2D eigenvalue weighted by molar-refractivity contribution is 5.80. The van der Waals surface area contributed by atoms with Crippen molar-refractivity contribution in [2.75, 3.05) is 6.54 Å². The summed E-state index contributed by atoms with van der Waals surface area (Å²) in [6, 6.07) is 0. The molecular formula is C11H17NO2. The summed E-state index contributed by atoms with van der Waals surface area (Å²) in [5.74, 6) is 0.296. The second-order valence-corrected chi connectivity index (χ2v) is 4.53. The third-order valence-corrected chi connectivity index (χ3v) is 3.79. The van der Waals surface area contributed by atoms with Crippen LogP contribution < -0.4 is 5.32 Å². The minimum atomic E-state index is -0.674. The van der Waals surface area contributed by atoms with Crippen LogP contribution in [0.2, 0.25) is 0 Å². The van der Waals surface area contributed by atoms with Crippen LogP contribution in [0, 0.1) is 11.8 Å². The molecule has 0 saturated heterocycles. The number of rotatable bonds is 4. The molecule has 0 aromatic carbocycles. The molecule has 0 spiro atoms. The Morgan fingerprint density at radius 3 is 2.86 bits per heavy atom. The molecule has 0 aromatic heterocycles. The Morgan fingerprint density at radius 1 is 1.64 bits per heavy atom. The van der Waals surface area contributed by atoms with Gasteiger partial charge in [0.05, 0.1) is 0 Å². The molecule has 2 N–H and O–H groups in total. The summed E-state index contributed by atoms with van der Waals surface area (Å²) in [6.45, 7) is 4.21. The smallest absolute Gasteiger partial charge is 0.324 e. The highest BCUT2D eigenvalue weighted by Gasteiger charge is 2.55. The Bertz CT molecular complexity index is 264. The number of nitrogens with one attached hydrogen (secondary N) is 1. The molecule has 0 aliphatic heterocycles. The van der Waals surface area contributed by atoms with Crippen LogP contribution in [0.25, 0.3) is 0 Å². The van der Waals surface area contributed by atoms with Crippen LogP contribution in [0.15, 0.2) is 12.7 Å². The number of carboxylic acid groups (broad SMARTS) is 1. The average Bonchev–Trinajstić information content (AvgIpc) is 2.74. The van der Waals surface area contributed by atoms with E-state index < -0.39 is 11.5 Å². The van der Waals surface area contributed by atoms with Crippen molar-refractivity contribution in [2.24, 2.45) is 11.8 Å². The largest absolute Gasteiger partial charge is 0.480 e. The topological polar surface area (TPSA) is 49.3 Å². The SMILES string of the molecule is C=CCNC1(C(=O)O)CC2CCC1C2. The molecule has 2 saturated carbocycles. The molecular weight excluding hydrogens is 178 g/mol. The fourth-order valence-electron chi connectivity index (χ4n) is 3.14. The number of fused-ring (bicyclic) bond motifs is 2. The maximum absolute atomic E-state index is 11.3. The third kappa shape index (κ3) is 1.27. The lowest BCUT2D eigenvalue weighted by Gasteiger charge is -2.34. The summed E-state index contributed by atoms with van der Waals surface area (Å²) in [7, 11) is 0. The van der Waals surface area contributed by atoms with E-state index in [2.05, 4.69) is 11.9 Å². The van der Waals surface area contributed by atoms with Crippen LogP contribution in [-0.4, -0.2) is 23.2 Å². The van der Waals surface area contributed by atoms with Gasteiger partial charge in [-0.15, -0.1) is 6.58 Å². The van der Waals surface area contributed by atoms with Crippen molar-refractivity contribution in [1.82, 2.24) is 5.32 Å². The average molecular weight is 195 g/mol. The predicted octanol–water partition coefficient (Wildman–Crippen LogP) is 1.41. The van der Waals surface area contributed by atoms with Crippen molar-refractivity contribution in [3.8, 4) is 0 Å². The Kier molecular flexibility index (Phi) is 2.35. The minimum absolute atomic E-state index is 0.338.